The van der Waals surface area contributed by atoms with Crippen LogP contribution in [-0.2, 0) is 24.0 Å². The van der Waals surface area contributed by atoms with E-state index in [1.807, 2.05) is 0 Å². The van der Waals surface area contributed by atoms with Gasteiger partial charge in [-0.25, -0.2) is 9.59 Å². The number of hydrogen-bond acceptors (Lipinski definition) is 11. The summed E-state index contributed by atoms with van der Waals surface area (Å²) in [4.78, 5) is 56.5. The molecule has 2 amide bonds. The molecule has 3 heterocycles. The smallest absolute Gasteiger partial charge is 0.352 e. The Morgan fingerprint density at radius 1 is 1.41 bits per heavy atom. The zero-order chi connectivity index (χ0) is 21.3. The van der Waals surface area contributed by atoms with Gasteiger partial charge in [-0.1, -0.05) is 5.16 Å². The highest BCUT2D eigenvalue weighted by Crippen LogP contribution is 2.40. The van der Waals surface area contributed by atoms with Crippen LogP contribution in [0.3, 0.4) is 0 Å². The van der Waals surface area contributed by atoms with Crippen molar-refractivity contribution in [1.82, 2.24) is 19.6 Å². The number of thioether (sulfide) groups is 1. The Hall–Kier alpha value is -3.20. The number of nitrogens with zero attached hydrogens (tertiary/aromatic N) is 4. The minimum atomic E-state index is -1.32. The predicted molar refractivity (Wildman–Crippen MR) is 99.8 cm³/mol. The highest BCUT2D eigenvalue weighted by atomic mass is 32.2. The fourth-order valence-electron chi connectivity index (χ4n) is 2.61. The van der Waals surface area contributed by atoms with Crippen LogP contribution < -0.4 is 11.1 Å². The topological polar surface area (TPSA) is 197 Å². The van der Waals surface area contributed by atoms with Crippen molar-refractivity contribution in [3.8, 4) is 0 Å². The van der Waals surface area contributed by atoms with Crippen LogP contribution in [0.15, 0.2) is 16.9 Å². The molecule has 3 unspecified atom stereocenters. The molecule has 3 rings (SSSR count). The van der Waals surface area contributed by atoms with E-state index in [0.29, 0.717) is 0 Å². The number of carboxylic acid groups (broad SMARTS) is 2. The van der Waals surface area contributed by atoms with E-state index in [0.717, 1.165) is 16.4 Å². The zero-order valence-corrected chi connectivity index (χ0v) is 16.3. The van der Waals surface area contributed by atoms with Crippen molar-refractivity contribution in [1.29, 1.82) is 0 Å². The van der Waals surface area contributed by atoms with Gasteiger partial charge in [-0.05, 0) is 13.0 Å². The van der Waals surface area contributed by atoms with Crippen LogP contribution >= 0.6 is 23.3 Å². The van der Waals surface area contributed by atoms with Crippen LogP contribution in [0, 0.1) is 0 Å². The fourth-order valence-corrected chi connectivity index (χ4v) is 4.37. The molecule has 0 bridgehead atoms. The molecule has 13 nitrogen and oxygen atoms in total. The Labute approximate surface area is 170 Å². The molecule has 3 atom stereocenters. The van der Waals surface area contributed by atoms with Crippen molar-refractivity contribution in [2.24, 2.45) is 5.16 Å². The SMILES string of the molecule is CC1C=C(C(=O)O)N2C(=O)C(NC(=O)/C(=N/OCC(=O)O)c3nsc(N)n3)C2S1. The maximum atomic E-state index is 12.7. The lowest BCUT2D eigenvalue weighted by molar-refractivity contribution is -0.150. The number of aliphatic carboxylic acids is 2. The van der Waals surface area contributed by atoms with Gasteiger partial charge in [0.15, 0.2) is 5.13 Å². The molecule has 2 aliphatic rings. The minimum absolute atomic E-state index is 0.0394. The van der Waals surface area contributed by atoms with Crippen LogP contribution in [-0.4, -0.2) is 77.2 Å². The number of carbonyl (C=O) groups excluding carboxylic acids is 2. The van der Waals surface area contributed by atoms with E-state index in [4.69, 9.17) is 10.8 Å². The number of carbonyl (C=O) groups is 4. The lowest BCUT2D eigenvalue weighted by atomic mass is 10.0. The molecule has 5 N–H and O–H groups in total. The molecule has 1 aromatic rings. The van der Waals surface area contributed by atoms with E-state index in [1.54, 1.807) is 6.92 Å². The van der Waals surface area contributed by atoms with Gasteiger partial charge in [0.25, 0.3) is 11.8 Å². The van der Waals surface area contributed by atoms with Crippen molar-refractivity contribution in [2.75, 3.05) is 12.3 Å². The first-order chi connectivity index (χ1) is 13.7. The maximum absolute atomic E-state index is 12.7. The Kier molecular flexibility index (Phi) is 5.69. The summed E-state index contributed by atoms with van der Waals surface area (Å²) in [6, 6.07) is -1.02. The average molecular weight is 442 g/mol. The molecule has 0 saturated carbocycles. The molecule has 0 aromatic carbocycles. The first-order valence-corrected chi connectivity index (χ1v) is 9.66. The Balaban J connectivity index is 1.78. The number of nitrogens with one attached hydrogen (secondary N) is 1. The van der Waals surface area contributed by atoms with E-state index < -0.39 is 47.5 Å². The quantitative estimate of drug-likeness (QED) is 0.222. The number of aromatic nitrogens is 2. The molecule has 29 heavy (non-hydrogen) atoms. The first kappa shape index (κ1) is 20.5. The zero-order valence-electron chi connectivity index (χ0n) is 14.6. The summed E-state index contributed by atoms with van der Waals surface area (Å²) >= 11 is 2.08. The lowest BCUT2D eigenvalue weighted by Crippen LogP contribution is -2.71. The number of anilines is 1. The van der Waals surface area contributed by atoms with Gasteiger partial charge in [-0.2, -0.15) is 9.36 Å². The molecular weight excluding hydrogens is 428 g/mol. The van der Waals surface area contributed by atoms with Crippen molar-refractivity contribution >= 4 is 57.9 Å². The summed E-state index contributed by atoms with van der Waals surface area (Å²) in [6.07, 6.45) is 1.45. The van der Waals surface area contributed by atoms with Gasteiger partial charge in [-0.15, -0.1) is 11.8 Å². The Morgan fingerprint density at radius 2 is 2.14 bits per heavy atom. The molecule has 1 fully saturated rings. The monoisotopic (exact) mass is 442 g/mol. The molecule has 0 radical (unpaired) electrons. The molecule has 0 aliphatic carbocycles. The predicted octanol–water partition coefficient (Wildman–Crippen LogP) is -1.32. The number of hydrogen-bond donors (Lipinski definition) is 4. The van der Waals surface area contributed by atoms with E-state index in [1.165, 1.54) is 17.8 Å². The Bertz CT molecular complexity index is 945. The van der Waals surface area contributed by atoms with Gasteiger partial charge in [0, 0.05) is 16.8 Å². The molecular formula is C14H14N6O7S2. The van der Waals surface area contributed by atoms with Crippen molar-refractivity contribution in [2.45, 2.75) is 23.6 Å². The fraction of sp³-hybridized carbons (Fsp3) is 0.357. The maximum Gasteiger partial charge on any atom is 0.352 e. The Morgan fingerprint density at radius 3 is 2.72 bits per heavy atom. The van der Waals surface area contributed by atoms with Gasteiger partial charge < -0.3 is 26.1 Å². The summed E-state index contributed by atoms with van der Waals surface area (Å²) in [5, 5.41) is 23.0. The van der Waals surface area contributed by atoms with Crippen LogP contribution in [0.4, 0.5) is 5.13 Å². The molecule has 15 heteroatoms. The van der Waals surface area contributed by atoms with Crippen molar-refractivity contribution < 1.29 is 34.2 Å². The summed E-state index contributed by atoms with van der Waals surface area (Å²) in [6.45, 7) is 0.955. The summed E-state index contributed by atoms with van der Waals surface area (Å²) in [7, 11) is 0. The summed E-state index contributed by atoms with van der Waals surface area (Å²) in [5.74, 6) is -4.26. The van der Waals surface area contributed by atoms with E-state index in [9.17, 15) is 24.3 Å². The van der Waals surface area contributed by atoms with Crippen LogP contribution in [0.5, 0.6) is 0 Å². The van der Waals surface area contributed by atoms with Crippen LogP contribution in [0.1, 0.15) is 12.7 Å². The summed E-state index contributed by atoms with van der Waals surface area (Å²) < 4.78 is 3.83. The van der Waals surface area contributed by atoms with Gasteiger partial charge in [0.2, 0.25) is 18.1 Å². The number of nitrogens with two attached hydrogens (primary N) is 1. The standard InChI is InChI=1S/C14H14N6O7S2/c1-4-2-5(13(25)26)20-11(24)8(12(20)28-4)16-10(23)7(18-27-3-6(21)22)9-17-14(15)29-19-9/h2,4,8,12H,3H2,1H3,(H,16,23)(H,21,22)(H,25,26)(H2,15,17,19)/b18-7+. The molecule has 1 aromatic heterocycles. The highest BCUT2D eigenvalue weighted by molar-refractivity contribution is 8.00. The third-order valence-corrected chi connectivity index (χ3v) is 5.64. The van der Waals surface area contributed by atoms with E-state index in [-0.39, 0.29) is 21.9 Å². The number of amides is 2. The number of fused-ring (bicyclic) bond motifs is 1. The highest BCUT2D eigenvalue weighted by Gasteiger charge is 2.54. The second-order valence-corrected chi connectivity index (χ2v) is 8.09. The molecule has 0 spiro atoms. The summed E-state index contributed by atoms with van der Waals surface area (Å²) in [5.41, 5.74) is 4.88. The van der Waals surface area contributed by atoms with Gasteiger partial charge in [0.05, 0.1) is 0 Å². The third-order valence-electron chi connectivity index (χ3n) is 3.77. The third kappa shape index (κ3) is 4.14. The molecule has 154 valence electrons. The average Bonchev–Trinajstić information content (AvgIpc) is 3.07. The van der Waals surface area contributed by atoms with Crippen LogP contribution in [0.25, 0.3) is 0 Å². The van der Waals surface area contributed by atoms with Crippen molar-refractivity contribution in [3.63, 3.8) is 0 Å². The first-order valence-electron chi connectivity index (χ1n) is 7.95. The molecule has 2 aliphatic heterocycles. The number of rotatable bonds is 7. The number of carboxylic acids is 2. The number of nitrogen functional groups attached to an aromatic ring is 1. The van der Waals surface area contributed by atoms with E-state index in [2.05, 4.69) is 24.7 Å². The van der Waals surface area contributed by atoms with Crippen LogP contribution in [0.2, 0.25) is 0 Å². The second kappa shape index (κ2) is 8.04. The van der Waals surface area contributed by atoms with Crippen molar-refractivity contribution in [3.05, 3.63) is 17.6 Å². The number of β-lactam (4-membered cyclic amide) rings is 1. The van der Waals surface area contributed by atoms with Gasteiger partial charge in [-0.3, -0.25) is 14.5 Å². The largest absolute Gasteiger partial charge is 0.479 e. The second-order valence-electron chi connectivity index (χ2n) is 5.81. The normalized spacial score (nSPS) is 23.6. The van der Waals surface area contributed by atoms with Gasteiger partial charge >= 0.3 is 11.9 Å². The van der Waals surface area contributed by atoms with E-state index >= 15 is 0 Å². The minimum Gasteiger partial charge on any atom is -0.479 e. The number of oxime groups is 1. The molecule has 1 saturated heterocycles. The van der Waals surface area contributed by atoms with Gasteiger partial charge in [0.1, 0.15) is 17.1 Å². The lowest BCUT2D eigenvalue weighted by Gasteiger charge is -2.49.